The maximum atomic E-state index is 9.07. The van der Waals surface area contributed by atoms with Crippen LogP contribution >= 0.6 is 0 Å². The molecule has 2 aliphatic carbocycles. The predicted molar refractivity (Wildman–Crippen MR) is 218 cm³/mol. The maximum absolute atomic E-state index is 9.07. The highest BCUT2D eigenvalue weighted by Crippen LogP contribution is 2.43. The number of aliphatic imine (C=N–C) groups is 2. The lowest BCUT2D eigenvalue weighted by Crippen LogP contribution is -2.11. The maximum Gasteiger partial charge on any atom is 0.162 e. The van der Waals surface area contributed by atoms with Gasteiger partial charge in [-0.25, -0.2) is 9.98 Å². The lowest BCUT2D eigenvalue weighted by atomic mass is 9.81. The quantitative estimate of drug-likeness (QED) is 0.133. The molecule has 2 aliphatic rings. The zero-order chi connectivity index (χ0) is 35.4. The van der Waals surface area contributed by atoms with E-state index >= 15 is 0 Å². The first kappa shape index (κ1) is 33.0. The highest BCUT2D eigenvalue weighted by molar-refractivity contribution is 6.22. The number of hydrogen-bond donors (Lipinski definition) is 1. The molecule has 0 amide bonds. The van der Waals surface area contributed by atoms with E-state index in [4.69, 9.17) is 19.8 Å². The molecule has 0 fully saturated rings. The minimum Gasteiger partial charge on any atom is -0.460 e. The summed E-state index contributed by atoms with van der Waals surface area (Å²) in [5.74, 6) is 1.94. The van der Waals surface area contributed by atoms with Crippen LogP contribution in [0.4, 0.5) is 0 Å². The lowest BCUT2D eigenvalue weighted by Gasteiger charge is -2.22. The molecule has 0 saturated heterocycles. The Balaban J connectivity index is 1.32. The van der Waals surface area contributed by atoms with Gasteiger partial charge in [0, 0.05) is 34.2 Å². The van der Waals surface area contributed by atoms with Crippen LogP contribution < -0.4 is 0 Å². The van der Waals surface area contributed by atoms with Crippen molar-refractivity contribution >= 4 is 40.0 Å². The van der Waals surface area contributed by atoms with Gasteiger partial charge in [-0.05, 0) is 94.5 Å². The molecule has 1 heterocycles. The zero-order valence-corrected chi connectivity index (χ0v) is 29.6. The van der Waals surface area contributed by atoms with Crippen molar-refractivity contribution in [3.8, 4) is 22.3 Å². The van der Waals surface area contributed by atoms with Gasteiger partial charge in [-0.3, -0.25) is 5.41 Å². The van der Waals surface area contributed by atoms with Crippen molar-refractivity contribution in [2.45, 2.75) is 39.5 Å². The van der Waals surface area contributed by atoms with Gasteiger partial charge in [0.1, 0.15) is 11.3 Å². The second-order valence-corrected chi connectivity index (χ2v) is 13.6. The summed E-state index contributed by atoms with van der Waals surface area (Å²) in [7, 11) is 0. The van der Waals surface area contributed by atoms with Crippen LogP contribution in [-0.2, 0) is 6.42 Å². The molecule has 0 radical (unpaired) electrons. The average Bonchev–Trinajstić information content (AvgIpc) is 3.57. The normalized spacial score (nSPS) is 16.0. The van der Waals surface area contributed by atoms with Gasteiger partial charge in [0.25, 0.3) is 0 Å². The number of amidine groups is 2. The largest absolute Gasteiger partial charge is 0.460 e. The molecule has 0 spiro atoms. The van der Waals surface area contributed by atoms with Crippen LogP contribution in [0.15, 0.2) is 166 Å². The van der Waals surface area contributed by atoms with Gasteiger partial charge >= 0.3 is 0 Å². The fourth-order valence-corrected chi connectivity index (χ4v) is 7.37. The van der Waals surface area contributed by atoms with E-state index in [1.54, 1.807) is 0 Å². The lowest BCUT2D eigenvalue weighted by molar-refractivity contribution is 0.518. The van der Waals surface area contributed by atoms with Crippen LogP contribution in [0.5, 0.6) is 0 Å². The zero-order valence-electron chi connectivity index (χ0n) is 29.6. The van der Waals surface area contributed by atoms with Crippen LogP contribution in [0.2, 0.25) is 0 Å². The smallest absolute Gasteiger partial charge is 0.162 e. The second kappa shape index (κ2) is 14.6. The summed E-state index contributed by atoms with van der Waals surface area (Å²) >= 11 is 0. The predicted octanol–water partition coefficient (Wildman–Crippen LogP) is 12.4. The molecule has 1 atom stereocenters. The molecule has 4 heteroatoms. The van der Waals surface area contributed by atoms with Crippen molar-refractivity contribution in [2.24, 2.45) is 15.9 Å². The van der Waals surface area contributed by atoms with Crippen LogP contribution in [0, 0.1) is 11.3 Å². The van der Waals surface area contributed by atoms with Crippen molar-refractivity contribution in [1.29, 1.82) is 5.41 Å². The van der Waals surface area contributed by atoms with E-state index in [2.05, 4.69) is 129 Å². The summed E-state index contributed by atoms with van der Waals surface area (Å²) in [5, 5.41) is 10.1. The van der Waals surface area contributed by atoms with Gasteiger partial charge in [-0.2, -0.15) is 0 Å². The van der Waals surface area contributed by atoms with Gasteiger partial charge in [-0.15, -0.1) is 0 Å². The van der Waals surface area contributed by atoms with Gasteiger partial charge in [-0.1, -0.05) is 135 Å². The molecule has 6 aromatic rings. The second-order valence-electron chi connectivity index (χ2n) is 13.6. The Bertz CT molecular complexity index is 2370. The van der Waals surface area contributed by atoms with Gasteiger partial charge in [0.05, 0.1) is 0 Å². The molecule has 0 saturated carbocycles. The van der Waals surface area contributed by atoms with E-state index in [0.29, 0.717) is 5.84 Å². The van der Waals surface area contributed by atoms with E-state index in [1.807, 2.05) is 36.4 Å². The Labute approximate surface area is 305 Å². The molecule has 8 rings (SSSR count). The number of benzene rings is 5. The Morgan fingerprint density at radius 2 is 1.38 bits per heavy atom. The first-order valence-electron chi connectivity index (χ1n) is 18.3. The number of allylic oxidation sites excluding steroid dienone is 3. The molecular formula is C48H41N3O. The van der Waals surface area contributed by atoms with E-state index < -0.39 is 0 Å². The third kappa shape index (κ3) is 6.68. The van der Waals surface area contributed by atoms with Crippen molar-refractivity contribution in [3.63, 3.8) is 0 Å². The van der Waals surface area contributed by atoms with Crippen molar-refractivity contribution in [3.05, 3.63) is 179 Å². The van der Waals surface area contributed by atoms with Crippen molar-refractivity contribution in [1.82, 2.24) is 0 Å². The minimum atomic E-state index is 0.212. The van der Waals surface area contributed by atoms with Gasteiger partial charge in [0.15, 0.2) is 11.7 Å². The van der Waals surface area contributed by atoms with Crippen LogP contribution in [-0.4, -0.2) is 17.4 Å². The summed E-state index contributed by atoms with van der Waals surface area (Å²) in [6.07, 6.45) is 11.9. The number of fused-ring (bicyclic) bond motifs is 3. The number of nitrogens with one attached hydrogen (secondary N) is 1. The Morgan fingerprint density at radius 3 is 2.02 bits per heavy atom. The standard InChI is InChI=1S/C48H41N3O/c1-3-43(35-21-12-6-13-22-35)50-48(51-47(49)36-23-14-7-15-24-36)40-25-16-26-44-46(40)42-31-41(32(2)27-45(42)52-44)39-29-37(33-17-8-4-9-18-33)28-38(30-39)34-19-10-5-11-20-34/h4-6,8-14,16-26,28-32,49H,3,7,15,27H2,1-2H3/t32-/m0/s1. The molecule has 52 heavy (non-hydrogen) atoms. The molecule has 4 nitrogen and oxygen atoms in total. The third-order valence-corrected chi connectivity index (χ3v) is 10.0. The van der Waals surface area contributed by atoms with Crippen LogP contribution in [0.3, 0.4) is 0 Å². The van der Waals surface area contributed by atoms with Gasteiger partial charge < -0.3 is 4.42 Å². The summed E-state index contributed by atoms with van der Waals surface area (Å²) in [5.41, 5.74) is 12.8. The van der Waals surface area contributed by atoms with Gasteiger partial charge in [0.2, 0.25) is 0 Å². The Morgan fingerprint density at radius 1 is 0.731 bits per heavy atom. The van der Waals surface area contributed by atoms with Crippen molar-refractivity contribution < 1.29 is 4.42 Å². The number of rotatable bonds is 7. The molecule has 254 valence electrons. The fourth-order valence-electron chi connectivity index (χ4n) is 7.37. The number of furan rings is 1. The Kier molecular flexibility index (Phi) is 9.29. The molecule has 0 bridgehead atoms. The van der Waals surface area contributed by atoms with E-state index in [1.165, 1.54) is 33.4 Å². The third-order valence-electron chi connectivity index (χ3n) is 10.0. The summed E-state index contributed by atoms with van der Waals surface area (Å²) in [6, 6.07) is 44.6. The first-order valence-corrected chi connectivity index (χ1v) is 18.3. The van der Waals surface area contributed by atoms with Crippen LogP contribution in [0.25, 0.3) is 44.9 Å². The molecule has 0 unspecified atom stereocenters. The highest BCUT2D eigenvalue weighted by atomic mass is 16.3. The summed E-state index contributed by atoms with van der Waals surface area (Å²) in [6.45, 7) is 4.41. The number of nitrogens with zero attached hydrogens (tertiary/aromatic N) is 2. The van der Waals surface area contributed by atoms with Crippen molar-refractivity contribution in [2.75, 3.05) is 0 Å². The summed E-state index contributed by atoms with van der Waals surface area (Å²) < 4.78 is 6.64. The monoisotopic (exact) mass is 675 g/mol. The molecule has 5 aromatic carbocycles. The molecular weight excluding hydrogens is 635 g/mol. The SMILES string of the molecule is CCC(=NC(=NC(=N)C1=CCCC=C1)c1cccc2oc3c(c12)C=C(c1cc(-c2ccccc2)cc(-c2ccccc2)c1)[C@@H](C)C3)c1ccccc1. The Hall–Kier alpha value is -6.13. The number of hydrogen-bond acceptors (Lipinski definition) is 2. The van der Waals surface area contributed by atoms with E-state index in [-0.39, 0.29) is 11.8 Å². The van der Waals surface area contributed by atoms with E-state index in [0.717, 1.165) is 70.4 Å². The topological polar surface area (TPSA) is 61.7 Å². The van der Waals surface area contributed by atoms with Crippen LogP contribution in [0.1, 0.15) is 61.1 Å². The molecule has 0 aliphatic heterocycles. The van der Waals surface area contributed by atoms with E-state index in [9.17, 15) is 0 Å². The minimum absolute atomic E-state index is 0.212. The molecule has 1 aromatic heterocycles. The summed E-state index contributed by atoms with van der Waals surface area (Å²) in [4.78, 5) is 10.2. The fraction of sp³-hybridized carbons (Fsp3) is 0.146. The first-order chi connectivity index (χ1) is 25.6. The molecule has 1 N–H and O–H groups in total. The average molecular weight is 676 g/mol. The highest BCUT2D eigenvalue weighted by Gasteiger charge is 2.27.